The summed E-state index contributed by atoms with van der Waals surface area (Å²) in [5, 5.41) is 4.87. The Morgan fingerprint density at radius 2 is 1.79 bits per heavy atom. The van der Waals surface area contributed by atoms with Crippen LogP contribution in [0.3, 0.4) is 0 Å². The fourth-order valence-electron chi connectivity index (χ4n) is 3.34. The number of hydrogen-bond donors (Lipinski definition) is 0. The van der Waals surface area contributed by atoms with Crippen LogP contribution in [0.25, 0.3) is 9.88 Å². The maximum atomic E-state index is 13.9. The fraction of sp³-hybridized carbons (Fsp3) is 0.286. The Kier molecular flexibility index (Phi) is 6.01. The molecule has 0 unspecified atom stereocenters. The molecule has 0 bridgehead atoms. The standard InChI is InChI=1S/C21H20FN3O2S2/c22-17-6-2-1-5-16(17)21(27)25-9-4-8-24(10-11-25)19(26)13-15-14-29-20(23-15)18-7-3-12-28-18/h1-3,5-7,12,14H,4,8-11,13H2. The van der Waals surface area contributed by atoms with Gasteiger partial charge in [-0.15, -0.1) is 22.7 Å². The average Bonchev–Trinajstić information content (AvgIpc) is 3.35. The van der Waals surface area contributed by atoms with E-state index in [4.69, 9.17) is 0 Å². The van der Waals surface area contributed by atoms with Gasteiger partial charge in [-0.1, -0.05) is 18.2 Å². The largest absolute Gasteiger partial charge is 0.341 e. The molecular weight excluding hydrogens is 409 g/mol. The van der Waals surface area contributed by atoms with Crippen LogP contribution in [0, 0.1) is 5.82 Å². The molecule has 1 aromatic carbocycles. The summed E-state index contributed by atoms with van der Waals surface area (Å²) in [5.41, 5.74) is 0.850. The zero-order valence-electron chi connectivity index (χ0n) is 15.7. The zero-order chi connectivity index (χ0) is 20.2. The van der Waals surface area contributed by atoms with Gasteiger partial charge in [-0.25, -0.2) is 9.37 Å². The molecule has 1 saturated heterocycles. The first kappa shape index (κ1) is 19.7. The van der Waals surface area contributed by atoms with E-state index < -0.39 is 5.82 Å². The SMILES string of the molecule is O=C(Cc1csc(-c2cccs2)n1)N1CCCN(C(=O)c2ccccc2F)CC1. The Morgan fingerprint density at radius 1 is 1.00 bits per heavy atom. The van der Waals surface area contributed by atoms with Gasteiger partial charge in [0.25, 0.3) is 5.91 Å². The molecule has 0 aliphatic carbocycles. The van der Waals surface area contributed by atoms with Crippen molar-refractivity contribution in [3.8, 4) is 9.88 Å². The van der Waals surface area contributed by atoms with Crippen molar-refractivity contribution < 1.29 is 14.0 Å². The lowest BCUT2D eigenvalue weighted by Gasteiger charge is -2.22. The molecule has 0 spiro atoms. The molecule has 2 amide bonds. The average molecular weight is 430 g/mol. The fourth-order valence-corrected chi connectivity index (χ4v) is 4.98. The van der Waals surface area contributed by atoms with Gasteiger partial charge in [-0.3, -0.25) is 9.59 Å². The maximum absolute atomic E-state index is 13.9. The van der Waals surface area contributed by atoms with Crippen LogP contribution in [0.5, 0.6) is 0 Å². The number of benzene rings is 1. The second-order valence-electron chi connectivity index (χ2n) is 6.80. The van der Waals surface area contributed by atoms with Gasteiger partial charge in [0.15, 0.2) is 0 Å². The molecule has 0 saturated carbocycles. The van der Waals surface area contributed by atoms with Crippen molar-refractivity contribution in [2.75, 3.05) is 26.2 Å². The van der Waals surface area contributed by atoms with Crippen LogP contribution in [0.15, 0.2) is 47.2 Å². The highest BCUT2D eigenvalue weighted by Gasteiger charge is 2.24. The Hall–Kier alpha value is -2.58. The van der Waals surface area contributed by atoms with E-state index >= 15 is 0 Å². The Labute approximate surface area is 176 Å². The predicted molar refractivity (Wildman–Crippen MR) is 113 cm³/mol. The number of hydrogen-bond acceptors (Lipinski definition) is 5. The lowest BCUT2D eigenvalue weighted by Crippen LogP contribution is -2.38. The quantitative estimate of drug-likeness (QED) is 0.632. The van der Waals surface area contributed by atoms with E-state index in [1.165, 1.54) is 12.1 Å². The number of amides is 2. The lowest BCUT2D eigenvalue weighted by molar-refractivity contribution is -0.130. The van der Waals surface area contributed by atoms with Crippen molar-refractivity contribution in [1.29, 1.82) is 0 Å². The third kappa shape index (κ3) is 4.54. The normalized spacial score (nSPS) is 14.7. The molecule has 1 aliphatic rings. The third-order valence-corrected chi connectivity index (χ3v) is 6.79. The molecule has 150 valence electrons. The highest BCUT2D eigenvalue weighted by molar-refractivity contribution is 7.20. The minimum absolute atomic E-state index is 0.00761. The second kappa shape index (κ2) is 8.84. The van der Waals surface area contributed by atoms with Crippen LogP contribution < -0.4 is 0 Å². The molecule has 3 heterocycles. The number of nitrogens with zero attached hydrogens (tertiary/aromatic N) is 3. The number of thiazole rings is 1. The summed E-state index contributed by atoms with van der Waals surface area (Å²) in [5.74, 6) is -0.828. The molecule has 0 atom stereocenters. The minimum Gasteiger partial charge on any atom is -0.341 e. The molecule has 2 aromatic heterocycles. The van der Waals surface area contributed by atoms with Crippen molar-refractivity contribution in [3.63, 3.8) is 0 Å². The first-order valence-corrected chi connectivity index (χ1v) is 11.2. The van der Waals surface area contributed by atoms with Gasteiger partial charge in [0.05, 0.1) is 22.6 Å². The summed E-state index contributed by atoms with van der Waals surface area (Å²) in [7, 11) is 0. The van der Waals surface area contributed by atoms with E-state index in [1.54, 1.807) is 44.6 Å². The third-order valence-electron chi connectivity index (χ3n) is 4.86. The van der Waals surface area contributed by atoms with Crippen LogP contribution in [-0.4, -0.2) is 52.8 Å². The van der Waals surface area contributed by atoms with Crippen LogP contribution in [0.1, 0.15) is 22.5 Å². The number of carbonyl (C=O) groups is 2. The van der Waals surface area contributed by atoms with Crippen LogP contribution in [-0.2, 0) is 11.2 Å². The summed E-state index contributed by atoms with van der Waals surface area (Å²) in [4.78, 5) is 34.5. The van der Waals surface area contributed by atoms with E-state index in [2.05, 4.69) is 4.98 Å². The summed E-state index contributed by atoms with van der Waals surface area (Å²) >= 11 is 3.17. The highest BCUT2D eigenvalue weighted by Crippen LogP contribution is 2.28. The van der Waals surface area contributed by atoms with E-state index in [-0.39, 0.29) is 23.8 Å². The number of carbonyl (C=O) groups excluding carboxylic acids is 2. The monoisotopic (exact) mass is 429 g/mol. The first-order valence-electron chi connectivity index (χ1n) is 9.41. The van der Waals surface area contributed by atoms with Crippen LogP contribution >= 0.6 is 22.7 Å². The molecule has 0 N–H and O–H groups in total. The molecule has 29 heavy (non-hydrogen) atoms. The zero-order valence-corrected chi connectivity index (χ0v) is 17.3. The Balaban J connectivity index is 1.36. The number of aromatic nitrogens is 1. The minimum atomic E-state index is -0.514. The number of thiophene rings is 1. The second-order valence-corrected chi connectivity index (χ2v) is 8.61. The Bertz CT molecular complexity index is 1000. The van der Waals surface area contributed by atoms with Gasteiger partial charge < -0.3 is 9.80 Å². The number of rotatable bonds is 4. The van der Waals surface area contributed by atoms with Gasteiger partial charge in [-0.2, -0.15) is 0 Å². The summed E-state index contributed by atoms with van der Waals surface area (Å²) in [6.45, 7) is 1.94. The van der Waals surface area contributed by atoms with Crippen LogP contribution in [0.2, 0.25) is 0 Å². The molecule has 1 aliphatic heterocycles. The van der Waals surface area contributed by atoms with Crippen molar-refractivity contribution in [3.05, 3.63) is 64.2 Å². The van der Waals surface area contributed by atoms with E-state index in [1.807, 2.05) is 22.9 Å². The molecule has 4 rings (SSSR count). The molecule has 5 nitrogen and oxygen atoms in total. The molecule has 3 aromatic rings. The Morgan fingerprint density at radius 3 is 2.59 bits per heavy atom. The van der Waals surface area contributed by atoms with Crippen molar-refractivity contribution in [2.45, 2.75) is 12.8 Å². The van der Waals surface area contributed by atoms with E-state index in [9.17, 15) is 14.0 Å². The topological polar surface area (TPSA) is 53.5 Å². The molecular formula is C21H20FN3O2S2. The smallest absolute Gasteiger partial charge is 0.256 e. The highest BCUT2D eigenvalue weighted by atomic mass is 32.1. The summed E-state index contributed by atoms with van der Waals surface area (Å²) in [6, 6.07) is 10.0. The predicted octanol–water partition coefficient (Wildman–Crippen LogP) is 3.93. The van der Waals surface area contributed by atoms with Crippen molar-refractivity contribution >= 4 is 34.5 Å². The summed E-state index contributed by atoms with van der Waals surface area (Å²) in [6.07, 6.45) is 0.923. The molecule has 0 radical (unpaired) electrons. The van der Waals surface area contributed by atoms with Gasteiger partial charge >= 0.3 is 0 Å². The van der Waals surface area contributed by atoms with Crippen LogP contribution in [0.4, 0.5) is 4.39 Å². The van der Waals surface area contributed by atoms with Gasteiger partial charge in [0.2, 0.25) is 5.91 Å². The maximum Gasteiger partial charge on any atom is 0.256 e. The van der Waals surface area contributed by atoms with E-state index in [0.29, 0.717) is 32.6 Å². The van der Waals surface area contributed by atoms with E-state index in [0.717, 1.165) is 15.6 Å². The van der Waals surface area contributed by atoms with Gasteiger partial charge in [-0.05, 0) is 30.0 Å². The first-order chi connectivity index (χ1) is 14.1. The summed E-state index contributed by atoms with van der Waals surface area (Å²) < 4.78 is 13.9. The molecule has 1 fully saturated rings. The van der Waals surface area contributed by atoms with Gasteiger partial charge in [0.1, 0.15) is 10.8 Å². The lowest BCUT2D eigenvalue weighted by atomic mass is 10.2. The van der Waals surface area contributed by atoms with Crippen molar-refractivity contribution in [2.24, 2.45) is 0 Å². The van der Waals surface area contributed by atoms with Gasteiger partial charge in [0, 0.05) is 31.6 Å². The molecule has 8 heteroatoms. The number of halogens is 1. The van der Waals surface area contributed by atoms with Crippen molar-refractivity contribution in [1.82, 2.24) is 14.8 Å².